The number of benzene rings is 2. The van der Waals surface area contributed by atoms with Gasteiger partial charge in [-0.1, -0.05) is 6.07 Å². The standard InChI is InChI=1S/C28H33N7O3/c1-17-15-34(16-18(2)35(17)27(37)38-28(3,4)5)23-11-10-19(24-25(23)30-13-12-29-24)26(36)32-21-8-7-9-22-20(21)14-31-33(22)6/h7-14,17-18H,15-16H2,1-6H3,(H,32,36)/t17-,18+. The van der Waals surface area contributed by atoms with Crippen molar-refractivity contribution in [3.05, 3.63) is 54.5 Å². The fraction of sp³-hybridized carbons (Fsp3) is 0.393. The van der Waals surface area contributed by atoms with Crippen LogP contribution in [0.25, 0.3) is 21.9 Å². The number of rotatable bonds is 3. The monoisotopic (exact) mass is 515 g/mol. The van der Waals surface area contributed by atoms with E-state index >= 15 is 0 Å². The highest BCUT2D eigenvalue weighted by Crippen LogP contribution is 2.31. The maximum atomic E-state index is 13.4. The predicted molar refractivity (Wildman–Crippen MR) is 147 cm³/mol. The summed E-state index contributed by atoms with van der Waals surface area (Å²) < 4.78 is 7.41. The Hall–Kier alpha value is -4.21. The van der Waals surface area contributed by atoms with E-state index in [4.69, 9.17) is 4.74 Å². The third-order valence-corrected chi connectivity index (χ3v) is 6.75. The molecule has 0 spiro atoms. The zero-order chi connectivity index (χ0) is 27.2. The van der Waals surface area contributed by atoms with Crippen molar-refractivity contribution in [2.75, 3.05) is 23.3 Å². The zero-order valence-corrected chi connectivity index (χ0v) is 22.6. The van der Waals surface area contributed by atoms with Gasteiger partial charge in [-0.25, -0.2) is 4.79 Å². The molecule has 4 aromatic rings. The van der Waals surface area contributed by atoms with Crippen LogP contribution in [-0.4, -0.2) is 67.4 Å². The van der Waals surface area contributed by atoms with Crippen molar-refractivity contribution in [2.24, 2.45) is 7.05 Å². The lowest BCUT2D eigenvalue weighted by atomic mass is 10.0. The molecule has 1 saturated heterocycles. The van der Waals surface area contributed by atoms with Crippen molar-refractivity contribution in [2.45, 2.75) is 52.3 Å². The number of aryl methyl sites for hydroxylation is 1. The number of anilines is 2. The van der Waals surface area contributed by atoms with Crippen LogP contribution < -0.4 is 10.2 Å². The molecule has 5 rings (SSSR count). The van der Waals surface area contributed by atoms with Crippen LogP contribution in [0.1, 0.15) is 45.0 Å². The molecule has 1 fully saturated rings. The van der Waals surface area contributed by atoms with Crippen molar-refractivity contribution >= 4 is 45.3 Å². The quantitative estimate of drug-likeness (QED) is 0.425. The number of fused-ring (bicyclic) bond motifs is 2. The first kappa shape index (κ1) is 25.4. The minimum Gasteiger partial charge on any atom is -0.444 e. The second-order valence-electron chi connectivity index (χ2n) is 10.8. The maximum absolute atomic E-state index is 13.4. The van der Waals surface area contributed by atoms with Crippen LogP contribution in [0.2, 0.25) is 0 Å². The van der Waals surface area contributed by atoms with Gasteiger partial charge in [0.25, 0.3) is 5.91 Å². The van der Waals surface area contributed by atoms with Gasteiger partial charge in [0.15, 0.2) is 0 Å². The minimum absolute atomic E-state index is 0.0803. The van der Waals surface area contributed by atoms with Crippen molar-refractivity contribution in [1.29, 1.82) is 0 Å². The van der Waals surface area contributed by atoms with E-state index < -0.39 is 5.60 Å². The number of piperazine rings is 1. The molecule has 1 aliphatic heterocycles. The molecule has 2 atom stereocenters. The zero-order valence-electron chi connectivity index (χ0n) is 22.6. The lowest BCUT2D eigenvalue weighted by molar-refractivity contribution is 0.00567. The predicted octanol–water partition coefficient (Wildman–Crippen LogP) is 4.60. The average molecular weight is 516 g/mol. The van der Waals surface area contributed by atoms with Crippen molar-refractivity contribution < 1.29 is 14.3 Å². The maximum Gasteiger partial charge on any atom is 0.410 e. The Morgan fingerprint density at radius 1 is 1.00 bits per heavy atom. The number of nitrogens with one attached hydrogen (secondary N) is 1. The number of carbonyl (C=O) groups is 2. The van der Waals surface area contributed by atoms with Gasteiger partial charge in [0.2, 0.25) is 0 Å². The van der Waals surface area contributed by atoms with Gasteiger partial charge in [0, 0.05) is 37.9 Å². The Balaban J connectivity index is 1.43. The van der Waals surface area contributed by atoms with Gasteiger partial charge in [-0.15, -0.1) is 0 Å². The van der Waals surface area contributed by atoms with Gasteiger partial charge in [-0.05, 0) is 58.9 Å². The summed E-state index contributed by atoms with van der Waals surface area (Å²) in [6, 6.07) is 9.25. The Kier molecular flexibility index (Phi) is 6.42. The number of nitrogens with zero attached hydrogens (tertiary/aromatic N) is 6. The molecule has 0 saturated carbocycles. The first-order valence-electron chi connectivity index (χ1n) is 12.8. The number of ether oxygens (including phenoxy) is 1. The van der Waals surface area contributed by atoms with Crippen LogP contribution in [0.4, 0.5) is 16.2 Å². The molecule has 3 heterocycles. The number of carbonyl (C=O) groups excluding carboxylic acids is 2. The van der Waals surface area contributed by atoms with E-state index in [-0.39, 0.29) is 24.1 Å². The molecule has 2 aromatic heterocycles. The summed E-state index contributed by atoms with van der Waals surface area (Å²) >= 11 is 0. The number of hydrogen-bond acceptors (Lipinski definition) is 7. The van der Waals surface area contributed by atoms with Crippen molar-refractivity contribution in [1.82, 2.24) is 24.6 Å². The van der Waals surface area contributed by atoms with Gasteiger partial charge in [-0.3, -0.25) is 24.3 Å². The smallest absolute Gasteiger partial charge is 0.410 e. The molecule has 1 aliphatic rings. The van der Waals surface area contributed by atoms with Crippen LogP contribution in [0, 0.1) is 0 Å². The molecule has 198 valence electrons. The summed E-state index contributed by atoms with van der Waals surface area (Å²) in [6.45, 7) is 10.8. The summed E-state index contributed by atoms with van der Waals surface area (Å²) in [5, 5.41) is 8.19. The van der Waals surface area contributed by atoms with Gasteiger partial charge < -0.3 is 15.0 Å². The van der Waals surface area contributed by atoms with Crippen LogP contribution >= 0.6 is 0 Å². The average Bonchev–Trinajstić information content (AvgIpc) is 3.23. The summed E-state index contributed by atoms with van der Waals surface area (Å²) in [5.41, 5.74) is 3.53. The Labute approximate surface area is 221 Å². The summed E-state index contributed by atoms with van der Waals surface area (Å²) in [6.07, 6.45) is 4.66. The molecule has 38 heavy (non-hydrogen) atoms. The van der Waals surface area contributed by atoms with E-state index in [0.717, 1.165) is 16.6 Å². The first-order chi connectivity index (χ1) is 18.0. The third kappa shape index (κ3) is 4.73. The normalized spacial score (nSPS) is 18.2. The van der Waals surface area contributed by atoms with E-state index in [1.54, 1.807) is 34.2 Å². The Morgan fingerprint density at radius 2 is 1.68 bits per heavy atom. The third-order valence-electron chi connectivity index (χ3n) is 6.75. The molecule has 0 aliphatic carbocycles. The van der Waals surface area contributed by atoms with Gasteiger partial charge in [0.05, 0.1) is 40.7 Å². The molecule has 0 bridgehead atoms. The van der Waals surface area contributed by atoms with Crippen molar-refractivity contribution in [3.63, 3.8) is 0 Å². The number of aromatic nitrogens is 4. The van der Waals surface area contributed by atoms with Gasteiger partial charge >= 0.3 is 6.09 Å². The first-order valence-corrected chi connectivity index (χ1v) is 12.8. The fourth-order valence-electron chi connectivity index (χ4n) is 5.15. The SMILES string of the molecule is C[C@@H]1CN(c2ccc(C(=O)Nc3cccc4c3cnn4C)c3nccnc23)C[C@H](C)N1C(=O)OC(C)(C)C. The van der Waals surface area contributed by atoms with E-state index in [0.29, 0.717) is 35.4 Å². The molecule has 10 heteroatoms. The van der Waals surface area contributed by atoms with E-state index in [1.807, 2.05) is 65.9 Å². The minimum atomic E-state index is -0.557. The number of hydrogen-bond donors (Lipinski definition) is 1. The van der Waals surface area contributed by atoms with E-state index in [1.165, 1.54) is 0 Å². The summed E-state index contributed by atoms with van der Waals surface area (Å²) in [7, 11) is 1.87. The van der Waals surface area contributed by atoms with Crippen LogP contribution in [-0.2, 0) is 11.8 Å². The highest BCUT2D eigenvalue weighted by molar-refractivity contribution is 6.15. The second kappa shape index (κ2) is 9.59. The molecule has 1 N–H and O–H groups in total. The Morgan fingerprint density at radius 3 is 2.37 bits per heavy atom. The molecule has 0 radical (unpaired) electrons. The van der Waals surface area contributed by atoms with Crippen LogP contribution in [0.3, 0.4) is 0 Å². The molecule has 2 amide bonds. The summed E-state index contributed by atoms with van der Waals surface area (Å²) in [4.78, 5) is 39.4. The second-order valence-corrected chi connectivity index (χ2v) is 10.8. The molecular formula is C28H33N7O3. The van der Waals surface area contributed by atoms with Gasteiger partial charge in [-0.2, -0.15) is 5.10 Å². The number of amides is 2. The van der Waals surface area contributed by atoms with Crippen LogP contribution in [0.15, 0.2) is 48.9 Å². The van der Waals surface area contributed by atoms with Crippen LogP contribution in [0.5, 0.6) is 0 Å². The lowest BCUT2D eigenvalue weighted by Crippen LogP contribution is -2.59. The molecule has 10 nitrogen and oxygen atoms in total. The highest BCUT2D eigenvalue weighted by Gasteiger charge is 2.36. The molecule has 2 aromatic carbocycles. The lowest BCUT2D eigenvalue weighted by Gasteiger charge is -2.45. The van der Waals surface area contributed by atoms with Gasteiger partial charge in [0.1, 0.15) is 16.6 Å². The molecule has 0 unspecified atom stereocenters. The van der Waals surface area contributed by atoms with E-state index in [2.05, 4.69) is 25.3 Å². The van der Waals surface area contributed by atoms with E-state index in [9.17, 15) is 9.59 Å². The largest absolute Gasteiger partial charge is 0.444 e. The topological polar surface area (TPSA) is 105 Å². The fourth-order valence-corrected chi connectivity index (χ4v) is 5.15. The summed E-state index contributed by atoms with van der Waals surface area (Å²) in [5.74, 6) is -0.269. The Bertz CT molecular complexity index is 1510. The van der Waals surface area contributed by atoms with Crippen molar-refractivity contribution in [3.8, 4) is 0 Å². The highest BCUT2D eigenvalue weighted by atomic mass is 16.6. The molecular weight excluding hydrogens is 482 g/mol.